The molecule has 0 N–H and O–H groups in total. The second-order valence-electron chi connectivity index (χ2n) is 11.9. The van der Waals surface area contributed by atoms with Crippen molar-refractivity contribution in [2.24, 2.45) is 0 Å². The maximum Gasteiger partial charge on any atom is 0.350 e. The van der Waals surface area contributed by atoms with E-state index >= 15 is 0 Å². The van der Waals surface area contributed by atoms with E-state index in [0.29, 0.717) is 46.0 Å². The normalized spacial score (nSPS) is 25.2. The monoisotopic (exact) mass is 572 g/mol. The van der Waals surface area contributed by atoms with Crippen molar-refractivity contribution in [3.63, 3.8) is 0 Å². The van der Waals surface area contributed by atoms with Crippen LogP contribution in [0.4, 0.5) is 0 Å². The number of furan rings is 2. The Hall–Kier alpha value is -4.25. The molecule has 3 aromatic heterocycles. The molecule has 2 aromatic carbocycles. The van der Waals surface area contributed by atoms with Gasteiger partial charge < -0.3 is 41.7 Å². The molecular formula is C32H28O10. The van der Waals surface area contributed by atoms with Gasteiger partial charge in [-0.3, -0.25) is 0 Å². The number of benzene rings is 2. The van der Waals surface area contributed by atoms with E-state index in [9.17, 15) is 4.79 Å². The predicted octanol–water partition coefficient (Wildman–Crippen LogP) is 6.17. The van der Waals surface area contributed by atoms with Crippen LogP contribution >= 0.6 is 0 Å². The Morgan fingerprint density at radius 2 is 1.40 bits per heavy atom. The van der Waals surface area contributed by atoms with Crippen molar-refractivity contribution in [1.82, 2.24) is 0 Å². The molecule has 216 valence electrons. The predicted molar refractivity (Wildman–Crippen MR) is 151 cm³/mol. The number of ether oxygens (including phenoxy) is 6. The van der Waals surface area contributed by atoms with Gasteiger partial charge in [0.2, 0.25) is 11.5 Å². The summed E-state index contributed by atoms with van der Waals surface area (Å²) in [5, 5.41) is 2.41. The molecule has 3 atom stereocenters. The van der Waals surface area contributed by atoms with E-state index in [1.807, 2.05) is 58.0 Å². The second-order valence-corrected chi connectivity index (χ2v) is 11.9. The van der Waals surface area contributed by atoms with Crippen LogP contribution in [0, 0.1) is 0 Å². The van der Waals surface area contributed by atoms with Crippen LogP contribution in [0.5, 0.6) is 17.2 Å². The highest BCUT2D eigenvalue weighted by Crippen LogP contribution is 2.49. The van der Waals surface area contributed by atoms with E-state index in [2.05, 4.69) is 0 Å². The van der Waals surface area contributed by atoms with Gasteiger partial charge >= 0.3 is 11.6 Å². The summed E-state index contributed by atoms with van der Waals surface area (Å²) in [4.78, 5) is 12.0. The zero-order valence-electron chi connectivity index (χ0n) is 23.4. The lowest BCUT2D eigenvalue weighted by Crippen LogP contribution is -2.39. The zero-order chi connectivity index (χ0) is 28.9. The average molecular weight is 573 g/mol. The molecule has 0 amide bonds. The van der Waals surface area contributed by atoms with Crippen molar-refractivity contribution in [3.05, 3.63) is 71.0 Å². The first kappa shape index (κ1) is 25.5. The van der Waals surface area contributed by atoms with E-state index < -0.39 is 23.3 Å². The van der Waals surface area contributed by atoms with E-state index in [-0.39, 0.29) is 18.3 Å². The fourth-order valence-corrected chi connectivity index (χ4v) is 5.59. The molecule has 2 saturated heterocycles. The summed E-state index contributed by atoms with van der Waals surface area (Å²) in [6.07, 6.45) is 6.18. The first-order chi connectivity index (χ1) is 20.1. The van der Waals surface area contributed by atoms with Gasteiger partial charge in [-0.1, -0.05) is 0 Å². The summed E-state index contributed by atoms with van der Waals surface area (Å²) in [6.45, 7) is 8.23. The van der Waals surface area contributed by atoms with E-state index in [4.69, 9.17) is 41.7 Å². The van der Waals surface area contributed by atoms with Gasteiger partial charge in [-0.2, -0.15) is 0 Å². The second kappa shape index (κ2) is 8.64. The number of rotatable bonds is 6. The summed E-state index contributed by atoms with van der Waals surface area (Å²) in [5.74, 6) is -0.317. The van der Waals surface area contributed by atoms with Gasteiger partial charge in [0.25, 0.3) is 0 Å². The summed E-state index contributed by atoms with van der Waals surface area (Å²) in [6, 6.07) is 10.6. The molecule has 8 rings (SSSR count). The fourth-order valence-electron chi connectivity index (χ4n) is 5.59. The standard InChI is InChI=1S/C32H28O10/c1-30(2)21(39-30)15-37-29-25-20(9-12-35-25)14-18-7-10-32(41-27(18)29)40-22(31(3,4)42-32)16-36-28-24-19(8-11-34-24)13-17-5-6-23(33)38-26(17)28/h5-14,21-22H,15-16H2,1-4H3/t21?,22-,32-/m1/s1. The topological polar surface area (TPSA) is 115 Å². The maximum atomic E-state index is 12.0. The first-order valence-corrected chi connectivity index (χ1v) is 13.8. The largest absolute Gasteiger partial charge is 0.483 e. The van der Waals surface area contributed by atoms with Crippen molar-refractivity contribution in [2.75, 3.05) is 13.2 Å². The van der Waals surface area contributed by atoms with Crippen molar-refractivity contribution < 1.29 is 41.7 Å². The van der Waals surface area contributed by atoms with Crippen molar-refractivity contribution in [3.8, 4) is 17.2 Å². The van der Waals surface area contributed by atoms with Gasteiger partial charge in [0.1, 0.15) is 25.4 Å². The lowest BCUT2D eigenvalue weighted by molar-refractivity contribution is -0.271. The zero-order valence-corrected chi connectivity index (χ0v) is 23.4. The van der Waals surface area contributed by atoms with Crippen molar-refractivity contribution in [2.45, 2.75) is 57.1 Å². The van der Waals surface area contributed by atoms with Crippen LogP contribution in [-0.2, 0) is 14.2 Å². The number of epoxide rings is 1. The Kier molecular flexibility index (Phi) is 5.23. The highest BCUT2D eigenvalue weighted by molar-refractivity contribution is 6.00. The summed E-state index contributed by atoms with van der Waals surface area (Å²) in [5.41, 5.74) is 0.576. The Morgan fingerprint density at radius 3 is 2.14 bits per heavy atom. The SMILES string of the molecule is CC1(C)OC1COc1c2c(cc3ccoc13)C=C[C@]1(O2)O[C@H](COc2c3occc3cc3ccc(=O)oc23)C(C)(C)O1. The average Bonchev–Trinajstić information content (AvgIpc) is 3.35. The molecule has 0 bridgehead atoms. The van der Waals surface area contributed by atoms with Crippen LogP contribution < -0.4 is 19.8 Å². The molecule has 0 saturated carbocycles. The molecular weight excluding hydrogens is 544 g/mol. The maximum absolute atomic E-state index is 12.0. The van der Waals surface area contributed by atoms with Crippen LogP contribution in [0.3, 0.4) is 0 Å². The van der Waals surface area contributed by atoms with Gasteiger partial charge in [0.15, 0.2) is 22.5 Å². The Balaban J connectivity index is 1.09. The quantitative estimate of drug-likeness (QED) is 0.173. The van der Waals surface area contributed by atoms with Gasteiger partial charge in [0.05, 0.1) is 23.7 Å². The highest BCUT2D eigenvalue weighted by Gasteiger charge is 2.55. The minimum atomic E-state index is -1.54. The van der Waals surface area contributed by atoms with E-state index in [0.717, 1.165) is 16.3 Å². The van der Waals surface area contributed by atoms with Gasteiger partial charge in [-0.15, -0.1) is 0 Å². The minimum Gasteiger partial charge on any atom is -0.483 e. The third-order valence-electron chi connectivity index (χ3n) is 8.09. The first-order valence-electron chi connectivity index (χ1n) is 13.8. The smallest absolute Gasteiger partial charge is 0.350 e. The molecule has 5 aromatic rings. The molecule has 0 radical (unpaired) electrons. The lowest BCUT2D eigenvalue weighted by atomic mass is 10.0. The molecule has 1 spiro atoms. The molecule has 1 unspecified atom stereocenters. The Morgan fingerprint density at radius 1 is 0.762 bits per heavy atom. The Labute approximate surface area is 239 Å². The van der Waals surface area contributed by atoms with Crippen LogP contribution in [-0.4, -0.2) is 42.6 Å². The summed E-state index contributed by atoms with van der Waals surface area (Å²) < 4.78 is 54.5. The molecule has 3 aliphatic heterocycles. The molecule has 0 aliphatic carbocycles. The number of hydrogen-bond acceptors (Lipinski definition) is 10. The molecule has 3 aliphatic rings. The van der Waals surface area contributed by atoms with Gasteiger partial charge in [-0.25, -0.2) is 4.79 Å². The molecule has 6 heterocycles. The van der Waals surface area contributed by atoms with Gasteiger partial charge in [0, 0.05) is 33.9 Å². The van der Waals surface area contributed by atoms with Crippen LogP contribution in [0.25, 0.3) is 39.0 Å². The minimum absolute atomic E-state index is 0.0370. The number of fused-ring (bicyclic) bond motifs is 4. The van der Waals surface area contributed by atoms with Crippen LogP contribution in [0.2, 0.25) is 0 Å². The molecule has 10 heteroatoms. The molecule has 42 heavy (non-hydrogen) atoms. The fraction of sp³-hybridized carbons (Fsp3) is 0.344. The Bertz CT molecular complexity index is 1960. The van der Waals surface area contributed by atoms with Crippen LogP contribution in [0.15, 0.2) is 73.0 Å². The summed E-state index contributed by atoms with van der Waals surface area (Å²) >= 11 is 0. The molecule has 2 fully saturated rings. The molecule has 10 nitrogen and oxygen atoms in total. The van der Waals surface area contributed by atoms with Crippen LogP contribution in [0.1, 0.15) is 33.3 Å². The van der Waals surface area contributed by atoms with E-state index in [1.54, 1.807) is 24.7 Å². The lowest BCUT2D eigenvalue weighted by Gasteiger charge is -2.31. The van der Waals surface area contributed by atoms with E-state index in [1.165, 1.54) is 6.07 Å². The summed E-state index contributed by atoms with van der Waals surface area (Å²) in [7, 11) is 0. The number of hydrogen-bond donors (Lipinski definition) is 0. The highest BCUT2D eigenvalue weighted by atomic mass is 16.9. The third kappa shape index (κ3) is 4.01. The van der Waals surface area contributed by atoms with Crippen molar-refractivity contribution >= 4 is 39.0 Å². The van der Waals surface area contributed by atoms with Crippen molar-refractivity contribution in [1.29, 1.82) is 0 Å². The third-order valence-corrected chi connectivity index (χ3v) is 8.09. The van der Waals surface area contributed by atoms with Gasteiger partial charge in [-0.05, 0) is 64.1 Å².